The standard InChI is InChI=1S/C22H21N5O2S/c1-14-9-15(2)11-17(10-14)21-24-25-22(29-21)30-13-20(28)23-19-12-16(3)26-27(19)18-7-5-4-6-8-18/h4-12H,13H2,1-3H3,(H,23,28). The van der Waals surface area contributed by atoms with Crippen LogP contribution in [0.4, 0.5) is 5.82 Å². The van der Waals surface area contributed by atoms with Crippen molar-refractivity contribution in [3.05, 3.63) is 71.4 Å². The zero-order valence-corrected chi connectivity index (χ0v) is 17.7. The largest absolute Gasteiger partial charge is 0.411 e. The maximum absolute atomic E-state index is 12.5. The Hall–Kier alpha value is -3.39. The molecule has 0 unspecified atom stereocenters. The van der Waals surface area contributed by atoms with Gasteiger partial charge in [-0.05, 0) is 45.0 Å². The minimum absolute atomic E-state index is 0.146. The van der Waals surface area contributed by atoms with E-state index in [1.54, 1.807) is 4.68 Å². The molecule has 8 heteroatoms. The highest BCUT2D eigenvalue weighted by Gasteiger charge is 2.14. The molecular formula is C22H21N5O2S. The normalized spacial score (nSPS) is 10.9. The lowest BCUT2D eigenvalue weighted by Crippen LogP contribution is -2.16. The van der Waals surface area contributed by atoms with Crippen molar-refractivity contribution < 1.29 is 9.21 Å². The first-order valence-electron chi connectivity index (χ1n) is 9.45. The summed E-state index contributed by atoms with van der Waals surface area (Å²) >= 11 is 1.20. The molecule has 30 heavy (non-hydrogen) atoms. The van der Waals surface area contributed by atoms with E-state index in [2.05, 4.69) is 26.7 Å². The number of hydrogen-bond acceptors (Lipinski definition) is 6. The average Bonchev–Trinajstić information content (AvgIpc) is 3.33. The van der Waals surface area contributed by atoms with Crippen LogP contribution in [0.3, 0.4) is 0 Å². The molecule has 1 amide bonds. The third kappa shape index (κ3) is 4.60. The number of aryl methyl sites for hydroxylation is 3. The molecule has 0 saturated carbocycles. The van der Waals surface area contributed by atoms with Gasteiger partial charge in [0.1, 0.15) is 5.82 Å². The van der Waals surface area contributed by atoms with Gasteiger partial charge in [0.2, 0.25) is 11.8 Å². The molecule has 0 fully saturated rings. The van der Waals surface area contributed by atoms with Crippen molar-refractivity contribution in [3.63, 3.8) is 0 Å². The molecule has 0 aliphatic rings. The van der Waals surface area contributed by atoms with Crippen LogP contribution in [0.5, 0.6) is 0 Å². The highest BCUT2D eigenvalue weighted by atomic mass is 32.2. The SMILES string of the molecule is Cc1cc(C)cc(-c2nnc(SCC(=O)Nc3cc(C)nn3-c3ccccc3)o2)c1. The van der Waals surface area contributed by atoms with Crippen LogP contribution >= 0.6 is 11.8 Å². The quantitative estimate of drug-likeness (QED) is 0.461. The van der Waals surface area contributed by atoms with Crippen LogP contribution in [0.25, 0.3) is 17.1 Å². The van der Waals surface area contributed by atoms with Gasteiger partial charge in [-0.15, -0.1) is 10.2 Å². The Morgan fingerprint density at radius 2 is 1.77 bits per heavy atom. The van der Waals surface area contributed by atoms with E-state index < -0.39 is 0 Å². The van der Waals surface area contributed by atoms with Crippen LogP contribution in [0.2, 0.25) is 0 Å². The summed E-state index contributed by atoms with van der Waals surface area (Å²) in [4.78, 5) is 12.5. The first-order valence-corrected chi connectivity index (χ1v) is 10.4. The number of benzene rings is 2. The van der Waals surface area contributed by atoms with E-state index in [1.807, 2.05) is 69.3 Å². The summed E-state index contributed by atoms with van der Waals surface area (Å²) in [5.74, 6) is 1.03. The number of anilines is 1. The smallest absolute Gasteiger partial charge is 0.277 e. The molecule has 0 saturated heterocycles. The van der Waals surface area contributed by atoms with Crippen LogP contribution < -0.4 is 5.32 Å². The lowest BCUT2D eigenvalue weighted by Gasteiger charge is -2.08. The molecule has 4 rings (SSSR count). The maximum atomic E-state index is 12.5. The van der Waals surface area contributed by atoms with Crippen molar-refractivity contribution in [3.8, 4) is 17.1 Å². The first-order chi connectivity index (χ1) is 14.5. The van der Waals surface area contributed by atoms with Gasteiger partial charge in [0.05, 0.1) is 17.1 Å². The molecule has 2 aromatic heterocycles. The van der Waals surface area contributed by atoms with Gasteiger partial charge >= 0.3 is 0 Å². The first kappa shape index (κ1) is 19.9. The Morgan fingerprint density at radius 1 is 1.03 bits per heavy atom. The molecular weight excluding hydrogens is 398 g/mol. The summed E-state index contributed by atoms with van der Waals surface area (Å²) in [6.45, 7) is 5.93. The summed E-state index contributed by atoms with van der Waals surface area (Å²) in [7, 11) is 0. The predicted molar refractivity (Wildman–Crippen MR) is 117 cm³/mol. The second kappa shape index (κ2) is 8.54. The van der Waals surface area contributed by atoms with E-state index in [0.717, 1.165) is 28.1 Å². The van der Waals surface area contributed by atoms with Crippen molar-refractivity contribution in [2.45, 2.75) is 26.0 Å². The summed E-state index contributed by atoms with van der Waals surface area (Å²) in [5, 5.41) is 15.9. The van der Waals surface area contributed by atoms with Crippen molar-refractivity contribution in [2.24, 2.45) is 0 Å². The Balaban J connectivity index is 1.41. The van der Waals surface area contributed by atoms with Gasteiger partial charge < -0.3 is 9.73 Å². The third-order valence-corrected chi connectivity index (χ3v) is 5.12. The van der Waals surface area contributed by atoms with Crippen LogP contribution in [-0.4, -0.2) is 31.6 Å². The van der Waals surface area contributed by atoms with Crippen LogP contribution in [0.15, 0.2) is 64.2 Å². The molecule has 152 valence electrons. The van der Waals surface area contributed by atoms with Crippen molar-refractivity contribution in [1.82, 2.24) is 20.0 Å². The van der Waals surface area contributed by atoms with E-state index >= 15 is 0 Å². The van der Waals surface area contributed by atoms with Crippen molar-refractivity contribution >= 4 is 23.5 Å². The summed E-state index contributed by atoms with van der Waals surface area (Å²) in [6.07, 6.45) is 0. The molecule has 0 spiro atoms. The molecule has 0 bridgehead atoms. The number of nitrogens with one attached hydrogen (secondary N) is 1. The van der Waals surface area contributed by atoms with E-state index in [1.165, 1.54) is 11.8 Å². The number of thioether (sulfide) groups is 1. The van der Waals surface area contributed by atoms with Gasteiger partial charge in [0.25, 0.3) is 5.22 Å². The minimum atomic E-state index is -0.178. The highest BCUT2D eigenvalue weighted by molar-refractivity contribution is 7.99. The Kier molecular flexibility index (Phi) is 5.67. The number of nitrogens with zero attached hydrogens (tertiary/aromatic N) is 4. The Labute approximate surface area is 178 Å². The molecule has 0 aliphatic carbocycles. The highest BCUT2D eigenvalue weighted by Crippen LogP contribution is 2.25. The summed E-state index contributed by atoms with van der Waals surface area (Å²) < 4.78 is 7.43. The Bertz CT molecular complexity index is 1160. The lowest BCUT2D eigenvalue weighted by atomic mass is 10.1. The van der Waals surface area contributed by atoms with Crippen LogP contribution in [0.1, 0.15) is 16.8 Å². The zero-order valence-electron chi connectivity index (χ0n) is 16.9. The fourth-order valence-electron chi connectivity index (χ4n) is 3.14. The number of hydrogen-bond donors (Lipinski definition) is 1. The number of para-hydroxylation sites is 1. The minimum Gasteiger partial charge on any atom is -0.411 e. The maximum Gasteiger partial charge on any atom is 0.277 e. The fraction of sp³-hybridized carbons (Fsp3) is 0.182. The van der Waals surface area contributed by atoms with Gasteiger partial charge in [-0.1, -0.05) is 47.2 Å². The van der Waals surface area contributed by atoms with Gasteiger partial charge in [0, 0.05) is 11.6 Å². The molecule has 0 radical (unpaired) electrons. The average molecular weight is 420 g/mol. The van der Waals surface area contributed by atoms with E-state index in [9.17, 15) is 4.79 Å². The van der Waals surface area contributed by atoms with E-state index in [-0.39, 0.29) is 11.7 Å². The summed E-state index contributed by atoms with van der Waals surface area (Å²) in [6, 6.07) is 17.6. The molecule has 7 nitrogen and oxygen atoms in total. The van der Waals surface area contributed by atoms with Gasteiger partial charge in [-0.25, -0.2) is 4.68 Å². The molecule has 2 aromatic carbocycles. The Morgan fingerprint density at radius 3 is 2.50 bits per heavy atom. The van der Waals surface area contributed by atoms with Gasteiger partial charge in [-0.2, -0.15) is 5.10 Å². The fourth-order valence-corrected chi connectivity index (χ4v) is 3.71. The molecule has 0 aliphatic heterocycles. The zero-order chi connectivity index (χ0) is 21.1. The number of rotatable bonds is 6. The van der Waals surface area contributed by atoms with Crippen LogP contribution in [0, 0.1) is 20.8 Å². The molecule has 1 N–H and O–H groups in total. The second-order valence-corrected chi connectivity index (χ2v) is 7.93. The molecule has 4 aromatic rings. The summed E-state index contributed by atoms with van der Waals surface area (Å²) in [5.41, 5.74) is 4.82. The van der Waals surface area contributed by atoms with E-state index in [0.29, 0.717) is 16.9 Å². The predicted octanol–water partition coefficient (Wildman–Crippen LogP) is 4.58. The van der Waals surface area contributed by atoms with E-state index in [4.69, 9.17) is 4.42 Å². The molecule has 0 atom stereocenters. The van der Waals surface area contributed by atoms with Crippen LogP contribution in [-0.2, 0) is 4.79 Å². The molecule has 2 heterocycles. The third-order valence-electron chi connectivity index (χ3n) is 4.30. The number of carbonyl (C=O) groups excluding carboxylic acids is 1. The van der Waals surface area contributed by atoms with Crippen molar-refractivity contribution in [2.75, 3.05) is 11.1 Å². The van der Waals surface area contributed by atoms with Gasteiger partial charge in [-0.3, -0.25) is 4.79 Å². The second-order valence-electron chi connectivity index (χ2n) is 7.00. The number of carbonyl (C=O) groups is 1. The van der Waals surface area contributed by atoms with Gasteiger partial charge in [0.15, 0.2) is 0 Å². The number of amides is 1. The lowest BCUT2D eigenvalue weighted by molar-refractivity contribution is -0.113. The van der Waals surface area contributed by atoms with Crippen molar-refractivity contribution in [1.29, 1.82) is 0 Å². The topological polar surface area (TPSA) is 85.8 Å². The number of aromatic nitrogens is 4. The monoisotopic (exact) mass is 419 g/mol.